The first-order valence-electron chi connectivity index (χ1n) is 10.5. The van der Waals surface area contributed by atoms with Crippen molar-refractivity contribution in [3.63, 3.8) is 0 Å². The molecule has 1 aliphatic heterocycles. The van der Waals surface area contributed by atoms with E-state index in [0.29, 0.717) is 19.3 Å². The molecule has 0 amide bonds. The number of unbranched alkanes of at least 4 members (excludes halogenated alkanes) is 2. The van der Waals surface area contributed by atoms with Crippen molar-refractivity contribution in [1.82, 2.24) is 0 Å². The second-order valence-corrected chi connectivity index (χ2v) is 7.64. The Hall–Kier alpha value is -1.26. The maximum atomic E-state index is 12.4. The molecule has 1 heterocycles. The van der Waals surface area contributed by atoms with Gasteiger partial charge >= 0.3 is 11.9 Å². The van der Waals surface area contributed by atoms with Gasteiger partial charge in [-0.3, -0.25) is 9.59 Å². The number of carboxylic acids is 1. The SMILES string of the molecule is CCCCCC(CC(=O)O)OC(=O)CC(CCC)O[C@@H]1OC(C)[C@H](O)[C@H](O)C1O. The van der Waals surface area contributed by atoms with Crippen molar-refractivity contribution in [2.75, 3.05) is 0 Å². The van der Waals surface area contributed by atoms with Gasteiger partial charge in [-0.2, -0.15) is 0 Å². The number of rotatable bonds is 13. The van der Waals surface area contributed by atoms with Gasteiger partial charge in [0.25, 0.3) is 0 Å². The number of ether oxygens (including phenoxy) is 3. The topological polar surface area (TPSA) is 143 Å². The van der Waals surface area contributed by atoms with Crippen LogP contribution in [0.2, 0.25) is 0 Å². The number of aliphatic carboxylic acids is 1. The molecule has 0 spiro atoms. The molecule has 0 aromatic carbocycles. The van der Waals surface area contributed by atoms with Crippen LogP contribution in [-0.4, -0.2) is 75.3 Å². The third-order valence-electron chi connectivity index (χ3n) is 4.97. The molecular formula is C20H36O9. The molecule has 7 atom stereocenters. The van der Waals surface area contributed by atoms with Crippen LogP contribution in [0.4, 0.5) is 0 Å². The molecule has 4 N–H and O–H groups in total. The monoisotopic (exact) mass is 420 g/mol. The molecule has 4 unspecified atom stereocenters. The van der Waals surface area contributed by atoms with E-state index in [1.807, 2.05) is 13.8 Å². The Labute approximate surface area is 172 Å². The van der Waals surface area contributed by atoms with E-state index >= 15 is 0 Å². The van der Waals surface area contributed by atoms with E-state index in [9.17, 15) is 24.9 Å². The van der Waals surface area contributed by atoms with Gasteiger partial charge in [0.15, 0.2) is 6.29 Å². The first-order valence-corrected chi connectivity index (χ1v) is 10.5. The molecular weight excluding hydrogens is 384 g/mol. The van der Waals surface area contributed by atoms with Crippen molar-refractivity contribution in [2.45, 2.75) is 115 Å². The average Bonchev–Trinajstić information content (AvgIpc) is 2.64. The Balaban J connectivity index is 2.66. The largest absolute Gasteiger partial charge is 0.481 e. The van der Waals surface area contributed by atoms with Gasteiger partial charge in [0.1, 0.15) is 24.4 Å². The van der Waals surface area contributed by atoms with Crippen molar-refractivity contribution in [2.24, 2.45) is 0 Å². The summed E-state index contributed by atoms with van der Waals surface area (Å²) in [6.45, 7) is 5.48. The lowest BCUT2D eigenvalue weighted by Crippen LogP contribution is -2.58. The van der Waals surface area contributed by atoms with Crippen LogP contribution in [0.3, 0.4) is 0 Å². The van der Waals surface area contributed by atoms with Gasteiger partial charge in [-0.25, -0.2) is 0 Å². The Morgan fingerprint density at radius 3 is 2.21 bits per heavy atom. The summed E-state index contributed by atoms with van der Waals surface area (Å²) >= 11 is 0. The normalized spacial score (nSPS) is 29.2. The van der Waals surface area contributed by atoms with E-state index in [2.05, 4.69) is 0 Å². The number of aliphatic hydroxyl groups is 3. The fourth-order valence-electron chi connectivity index (χ4n) is 3.30. The van der Waals surface area contributed by atoms with Gasteiger partial charge in [0.2, 0.25) is 0 Å². The minimum Gasteiger partial charge on any atom is -0.481 e. The zero-order chi connectivity index (χ0) is 22.0. The Kier molecular flexibility index (Phi) is 11.7. The molecule has 0 bridgehead atoms. The minimum atomic E-state index is -1.45. The van der Waals surface area contributed by atoms with Gasteiger partial charge < -0.3 is 34.6 Å². The van der Waals surface area contributed by atoms with Crippen molar-refractivity contribution < 1.29 is 44.2 Å². The number of aliphatic hydroxyl groups excluding tert-OH is 3. The number of hydrogen-bond acceptors (Lipinski definition) is 8. The van der Waals surface area contributed by atoms with Crippen molar-refractivity contribution >= 4 is 11.9 Å². The third kappa shape index (κ3) is 8.96. The van der Waals surface area contributed by atoms with Crippen LogP contribution in [0.1, 0.15) is 72.1 Å². The highest BCUT2D eigenvalue weighted by Gasteiger charge is 2.43. The fourth-order valence-corrected chi connectivity index (χ4v) is 3.30. The summed E-state index contributed by atoms with van der Waals surface area (Å²) in [5.74, 6) is -1.61. The molecule has 9 nitrogen and oxygen atoms in total. The number of carbonyl (C=O) groups is 2. The fraction of sp³-hybridized carbons (Fsp3) is 0.900. The Morgan fingerprint density at radius 2 is 1.62 bits per heavy atom. The Morgan fingerprint density at radius 1 is 0.931 bits per heavy atom. The van der Waals surface area contributed by atoms with E-state index in [1.165, 1.54) is 0 Å². The lowest BCUT2D eigenvalue weighted by atomic mass is 10.00. The van der Waals surface area contributed by atoms with Gasteiger partial charge in [-0.1, -0.05) is 33.1 Å². The second kappa shape index (κ2) is 13.1. The highest BCUT2D eigenvalue weighted by molar-refractivity contribution is 5.72. The van der Waals surface area contributed by atoms with Gasteiger partial charge in [-0.05, 0) is 26.2 Å². The molecule has 0 aromatic rings. The zero-order valence-corrected chi connectivity index (χ0v) is 17.5. The van der Waals surface area contributed by atoms with E-state index in [-0.39, 0.29) is 12.8 Å². The molecule has 0 saturated carbocycles. The van der Waals surface area contributed by atoms with Crippen LogP contribution in [0.15, 0.2) is 0 Å². The lowest BCUT2D eigenvalue weighted by Gasteiger charge is -2.40. The van der Waals surface area contributed by atoms with Crippen molar-refractivity contribution in [1.29, 1.82) is 0 Å². The predicted molar refractivity (Wildman–Crippen MR) is 103 cm³/mol. The molecule has 1 fully saturated rings. The number of esters is 1. The van der Waals surface area contributed by atoms with E-state index in [0.717, 1.165) is 19.3 Å². The smallest absolute Gasteiger partial charge is 0.308 e. The number of carbonyl (C=O) groups excluding carboxylic acids is 1. The quantitative estimate of drug-likeness (QED) is 0.256. The molecule has 9 heteroatoms. The van der Waals surface area contributed by atoms with Crippen molar-refractivity contribution in [3.8, 4) is 0 Å². The van der Waals surface area contributed by atoms with E-state index in [1.54, 1.807) is 6.92 Å². The maximum absolute atomic E-state index is 12.4. The molecule has 29 heavy (non-hydrogen) atoms. The third-order valence-corrected chi connectivity index (χ3v) is 4.97. The predicted octanol–water partition coefficient (Wildman–Crippen LogP) is 1.36. The minimum absolute atomic E-state index is 0.128. The first kappa shape index (κ1) is 25.8. The first-order chi connectivity index (χ1) is 13.7. The zero-order valence-electron chi connectivity index (χ0n) is 17.5. The van der Waals surface area contributed by atoms with Crippen LogP contribution in [0.5, 0.6) is 0 Å². The summed E-state index contributed by atoms with van der Waals surface area (Å²) in [6.07, 6.45) is -3.41. The molecule has 1 rings (SSSR count). The summed E-state index contributed by atoms with van der Waals surface area (Å²) in [4.78, 5) is 23.4. The van der Waals surface area contributed by atoms with Crippen LogP contribution in [0, 0.1) is 0 Å². The second-order valence-electron chi connectivity index (χ2n) is 7.64. The summed E-state index contributed by atoms with van der Waals surface area (Å²) in [5, 5.41) is 38.8. The Bertz CT molecular complexity index is 498. The van der Waals surface area contributed by atoms with Crippen LogP contribution < -0.4 is 0 Å². The van der Waals surface area contributed by atoms with Gasteiger partial charge in [0.05, 0.1) is 25.0 Å². The summed E-state index contributed by atoms with van der Waals surface area (Å²) in [6, 6.07) is 0. The number of hydrogen-bond donors (Lipinski definition) is 4. The maximum Gasteiger partial charge on any atom is 0.308 e. The van der Waals surface area contributed by atoms with Gasteiger partial charge in [-0.15, -0.1) is 0 Å². The highest BCUT2D eigenvalue weighted by atomic mass is 16.7. The van der Waals surface area contributed by atoms with E-state index in [4.69, 9.17) is 19.3 Å². The van der Waals surface area contributed by atoms with Crippen LogP contribution in [0.25, 0.3) is 0 Å². The van der Waals surface area contributed by atoms with E-state index < -0.39 is 54.9 Å². The van der Waals surface area contributed by atoms with Gasteiger partial charge in [0, 0.05) is 0 Å². The molecule has 0 radical (unpaired) electrons. The number of carboxylic acid groups (broad SMARTS) is 1. The highest BCUT2D eigenvalue weighted by Crippen LogP contribution is 2.25. The molecule has 0 aromatic heterocycles. The van der Waals surface area contributed by atoms with Crippen LogP contribution >= 0.6 is 0 Å². The summed E-state index contributed by atoms with van der Waals surface area (Å²) in [7, 11) is 0. The molecule has 1 saturated heterocycles. The molecule has 170 valence electrons. The standard InChI is InChI=1S/C20H36O9/c1-4-6-7-9-14(10-15(21)22)28-16(23)11-13(8-5-2)29-20-19(26)18(25)17(24)12(3)27-20/h12-14,17-20,24-26H,4-11H2,1-3H3,(H,21,22)/t12?,13?,14?,17-,18-,19?,20-/m0/s1. The summed E-state index contributed by atoms with van der Waals surface area (Å²) < 4.78 is 16.5. The van der Waals surface area contributed by atoms with Crippen molar-refractivity contribution in [3.05, 3.63) is 0 Å². The average molecular weight is 420 g/mol. The lowest BCUT2D eigenvalue weighted by molar-refractivity contribution is -0.304. The van der Waals surface area contributed by atoms with Crippen LogP contribution in [-0.2, 0) is 23.8 Å². The molecule has 1 aliphatic rings. The molecule has 0 aliphatic carbocycles. The summed E-state index contributed by atoms with van der Waals surface area (Å²) in [5.41, 5.74) is 0.